The Bertz CT molecular complexity index is 1260. The number of nitrogens with zero attached hydrogens (tertiary/aromatic N) is 3. The zero-order valence-electron chi connectivity index (χ0n) is 24.0. The molecule has 0 unspecified atom stereocenters. The van der Waals surface area contributed by atoms with Crippen LogP contribution in [0.5, 0.6) is 0 Å². The zero-order valence-corrected chi connectivity index (χ0v) is 26.9. The fourth-order valence-electron chi connectivity index (χ4n) is 4.54. The van der Waals surface area contributed by atoms with E-state index in [0.717, 1.165) is 36.0 Å². The Hall–Kier alpha value is -2.72. The first-order valence-corrected chi connectivity index (χ1v) is 23.7. The molecule has 0 radical (unpaired) electrons. The second-order valence-electron chi connectivity index (χ2n) is 12.5. The summed E-state index contributed by atoms with van der Waals surface area (Å²) in [6.07, 6.45) is 2.99. The minimum absolute atomic E-state index is 0.0690. The number of hydrogen-bond acceptors (Lipinski definition) is 8. The number of carbonyl (C=O) groups is 2. The van der Waals surface area contributed by atoms with Crippen LogP contribution in [0.15, 0.2) is 58.7 Å². The molecule has 0 aromatic heterocycles. The van der Waals surface area contributed by atoms with Crippen molar-refractivity contribution in [2.24, 2.45) is 16.1 Å². The van der Waals surface area contributed by atoms with Gasteiger partial charge >= 0.3 is 237 Å². The van der Waals surface area contributed by atoms with Crippen LogP contribution in [0, 0.1) is 5.92 Å². The van der Waals surface area contributed by atoms with Gasteiger partial charge in [-0.15, -0.1) is 0 Å². The second-order valence-corrected chi connectivity index (χ2v) is 27.0. The molecular formula is C30H41N5O3Sn. The van der Waals surface area contributed by atoms with Gasteiger partial charge in [0.25, 0.3) is 0 Å². The van der Waals surface area contributed by atoms with Crippen LogP contribution >= 0.6 is 0 Å². The quantitative estimate of drug-likeness (QED) is 0.303. The molecule has 208 valence electrons. The Morgan fingerprint density at radius 1 is 0.949 bits per heavy atom. The number of benzene rings is 2. The van der Waals surface area contributed by atoms with Gasteiger partial charge in [0.1, 0.15) is 0 Å². The number of amidine groups is 2. The van der Waals surface area contributed by atoms with Gasteiger partial charge in [-0.1, -0.05) is 0 Å². The third-order valence-electron chi connectivity index (χ3n) is 6.85. The number of hydrogen-bond donors (Lipinski definition) is 2. The van der Waals surface area contributed by atoms with Crippen LogP contribution in [-0.2, 0) is 20.9 Å². The van der Waals surface area contributed by atoms with Crippen molar-refractivity contribution in [3.8, 4) is 0 Å². The molecule has 2 aromatic rings. The predicted octanol–water partition coefficient (Wildman–Crippen LogP) is 3.96. The fourth-order valence-corrected chi connectivity index (χ4v) is 7.98. The summed E-state index contributed by atoms with van der Waals surface area (Å²) in [5.74, 6) is 1.30. The van der Waals surface area contributed by atoms with Gasteiger partial charge in [0.2, 0.25) is 0 Å². The molecule has 9 heteroatoms. The first-order chi connectivity index (χ1) is 18.4. The molecular weight excluding hydrogens is 597 g/mol. The molecule has 2 aliphatic rings. The van der Waals surface area contributed by atoms with Gasteiger partial charge in [0.05, 0.1) is 0 Å². The molecule has 1 saturated carbocycles. The van der Waals surface area contributed by atoms with Gasteiger partial charge < -0.3 is 0 Å². The van der Waals surface area contributed by atoms with Gasteiger partial charge in [-0.25, -0.2) is 0 Å². The van der Waals surface area contributed by atoms with E-state index in [2.05, 4.69) is 54.1 Å². The van der Waals surface area contributed by atoms with Crippen molar-refractivity contribution in [1.82, 2.24) is 15.8 Å². The fraction of sp³-hybridized carbons (Fsp3) is 0.467. The molecule has 39 heavy (non-hydrogen) atoms. The summed E-state index contributed by atoms with van der Waals surface area (Å²) in [6, 6.07) is 16.4. The number of hydrazone groups is 2. The van der Waals surface area contributed by atoms with Gasteiger partial charge in [0, 0.05) is 0 Å². The standard InChI is InChI=1S/C27H32N5O3.3CH3.Sn/c1-27(2,3)35-24(34)18-32(17-23(33)20-12-8-13-20)16-19-9-7-14-22(15-19)26-30-28-25(29-31-26)21-10-5-4-6-11-21;;;;/h4-6,9-11,14-15,20H,8,12-13,16-18H2,1-3H3,(H,28,29)(H,30,31);3*1H3;. The summed E-state index contributed by atoms with van der Waals surface area (Å²) in [4.78, 5) is 34.8. The molecule has 0 saturated heterocycles. The van der Waals surface area contributed by atoms with E-state index in [0.29, 0.717) is 18.2 Å². The van der Waals surface area contributed by atoms with E-state index in [9.17, 15) is 9.59 Å². The van der Waals surface area contributed by atoms with Crippen molar-refractivity contribution < 1.29 is 14.3 Å². The third-order valence-corrected chi connectivity index (χ3v) is 12.6. The Kier molecular flexibility index (Phi) is 9.16. The van der Waals surface area contributed by atoms with Crippen molar-refractivity contribution in [3.05, 3.63) is 65.2 Å². The van der Waals surface area contributed by atoms with Crippen LogP contribution in [0.1, 0.15) is 56.7 Å². The molecule has 2 N–H and O–H groups in total. The number of carbonyl (C=O) groups excluding carboxylic acids is 2. The van der Waals surface area contributed by atoms with Crippen molar-refractivity contribution in [2.75, 3.05) is 13.1 Å². The molecule has 1 fully saturated rings. The van der Waals surface area contributed by atoms with Crippen LogP contribution < -0.4 is 14.4 Å². The van der Waals surface area contributed by atoms with Crippen molar-refractivity contribution in [1.29, 1.82) is 0 Å². The average Bonchev–Trinajstić information content (AvgIpc) is 2.81. The van der Waals surface area contributed by atoms with Crippen LogP contribution in [-0.4, -0.2) is 65.4 Å². The molecule has 4 rings (SSSR count). The van der Waals surface area contributed by atoms with Crippen LogP contribution in [0.3, 0.4) is 0 Å². The molecule has 1 aliphatic heterocycles. The number of ketones is 1. The number of ether oxygens (including phenoxy) is 1. The topological polar surface area (TPSA) is 95.4 Å². The number of Topliss-reactive ketones (excluding diaryl/α,β-unsaturated/α-hetero) is 1. The number of nitrogens with one attached hydrogen (secondary N) is 2. The molecule has 0 amide bonds. The van der Waals surface area contributed by atoms with Crippen molar-refractivity contribution in [3.63, 3.8) is 0 Å². The van der Waals surface area contributed by atoms with Gasteiger partial charge in [-0.2, -0.15) is 0 Å². The first-order valence-electron chi connectivity index (χ1n) is 13.7. The third kappa shape index (κ3) is 8.38. The van der Waals surface area contributed by atoms with Crippen LogP contribution in [0.2, 0.25) is 14.8 Å². The minimum atomic E-state index is -2.51. The number of rotatable bonds is 10. The summed E-state index contributed by atoms with van der Waals surface area (Å²) in [5.41, 5.74) is 8.54. The Labute approximate surface area is 236 Å². The first kappa shape index (κ1) is 29.3. The second kappa shape index (κ2) is 12.2. The summed E-state index contributed by atoms with van der Waals surface area (Å²) in [5, 5.41) is 9.10. The van der Waals surface area contributed by atoms with E-state index in [1.807, 2.05) is 56.0 Å². The summed E-state index contributed by atoms with van der Waals surface area (Å²) in [6.45, 7) is 6.36. The van der Waals surface area contributed by atoms with E-state index >= 15 is 0 Å². The predicted molar refractivity (Wildman–Crippen MR) is 159 cm³/mol. The average molecular weight is 638 g/mol. The van der Waals surface area contributed by atoms with Crippen molar-refractivity contribution in [2.45, 2.75) is 67.0 Å². The molecule has 2 aromatic carbocycles. The van der Waals surface area contributed by atoms with Gasteiger partial charge in [-0.3, -0.25) is 0 Å². The van der Waals surface area contributed by atoms with E-state index in [4.69, 9.17) is 4.74 Å². The Morgan fingerprint density at radius 2 is 1.59 bits per heavy atom. The molecule has 1 heterocycles. The Balaban J connectivity index is 1.58. The van der Waals surface area contributed by atoms with Crippen LogP contribution in [0.25, 0.3) is 0 Å². The van der Waals surface area contributed by atoms with Gasteiger partial charge in [0.15, 0.2) is 0 Å². The Morgan fingerprint density at radius 3 is 2.13 bits per heavy atom. The van der Waals surface area contributed by atoms with E-state index in [1.54, 1.807) is 0 Å². The molecule has 8 nitrogen and oxygen atoms in total. The molecule has 0 atom stereocenters. The molecule has 1 aliphatic carbocycles. The normalized spacial score (nSPS) is 16.0. The van der Waals surface area contributed by atoms with Crippen LogP contribution in [0.4, 0.5) is 0 Å². The van der Waals surface area contributed by atoms with Gasteiger partial charge in [-0.05, 0) is 0 Å². The number of esters is 1. The molecule has 0 bridgehead atoms. The van der Waals surface area contributed by atoms with Crippen molar-refractivity contribution >= 4 is 45.4 Å². The summed E-state index contributed by atoms with van der Waals surface area (Å²) < 4.78 is 6.93. The monoisotopic (exact) mass is 639 g/mol. The molecule has 0 spiro atoms. The van der Waals surface area contributed by atoms with E-state index in [1.165, 1.54) is 3.58 Å². The summed E-state index contributed by atoms with van der Waals surface area (Å²) in [7, 11) is 0. The SMILES string of the molecule is CC(C)(C)OC(=O)CN(CC(=O)C1CCC1)Cc1cc(C2=NNC(c3ccccc3)=NN2)c[c]([Sn]([CH3])([CH3])[CH3])c1. The maximum atomic E-state index is 12.9. The van der Waals surface area contributed by atoms with E-state index < -0.39 is 24.0 Å². The zero-order chi connectivity index (χ0) is 28.2. The maximum absolute atomic E-state index is 12.9. The van der Waals surface area contributed by atoms with E-state index in [-0.39, 0.29) is 30.8 Å². The summed E-state index contributed by atoms with van der Waals surface area (Å²) >= 11 is -2.51.